The number of guanidine groups is 2. The number of nitrogens with zero attached hydrogens (tertiary/aromatic N) is 2. The molecule has 0 aliphatic heterocycles. The summed E-state index contributed by atoms with van der Waals surface area (Å²) in [6, 6.07) is 2.67. The molecule has 0 aliphatic rings. The van der Waals surface area contributed by atoms with Gasteiger partial charge in [-0.2, -0.15) is 0 Å². The van der Waals surface area contributed by atoms with Crippen molar-refractivity contribution in [3.05, 3.63) is 35.9 Å². The fourth-order valence-electron chi connectivity index (χ4n) is 5.56. The van der Waals surface area contributed by atoms with Crippen LogP contribution in [0.4, 0.5) is 0 Å². The molecule has 0 aliphatic carbocycles. The number of carboxylic acids is 1. The first kappa shape index (κ1) is 50.0. The van der Waals surface area contributed by atoms with E-state index in [1.807, 2.05) is 13.8 Å². The maximum absolute atomic E-state index is 14.0. The van der Waals surface area contributed by atoms with Crippen LogP contribution in [0, 0.1) is 11.8 Å². The fraction of sp³-hybridized carbons (Fsp3) is 0.595. The summed E-state index contributed by atoms with van der Waals surface area (Å²) in [7, 11) is 0. The molecule has 0 bridgehead atoms. The molecule has 0 heterocycles. The third kappa shape index (κ3) is 20.3. The lowest BCUT2D eigenvalue weighted by atomic mass is 9.98. The molecular weight excluding hydrogens is 754 g/mol. The molecule has 21 nitrogen and oxygen atoms in total. The second-order valence-corrected chi connectivity index (χ2v) is 14.2. The quantitative estimate of drug-likeness (QED) is 0.0240. The van der Waals surface area contributed by atoms with Crippen LogP contribution in [0.3, 0.4) is 0 Å². The van der Waals surface area contributed by atoms with Gasteiger partial charge in [0.05, 0.1) is 13.1 Å². The highest BCUT2D eigenvalue weighted by molar-refractivity contribution is 5.96. The third-order valence-electron chi connectivity index (χ3n) is 8.84. The van der Waals surface area contributed by atoms with Gasteiger partial charge in [0, 0.05) is 19.5 Å². The molecule has 0 radical (unpaired) electrons. The van der Waals surface area contributed by atoms with Crippen molar-refractivity contribution in [1.29, 1.82) is 0 Å². The molecule has 17 N–H and O–H groups in total. The van der Waals surface area contributed by atoms with E-state index < -0.39 is 84.1 Å². The molecule has 6 atom stereocenters. The van der Waals surface area contributed by atoms with E-state index in [1.165, 1.54) is 0 Å². The number of benzene rings is 1. The van der Waals surface area contributed by atoms with Gasteiger partial charge in [-0.05, 0) is 49.5 Å². The zero-order chi connectivity index (χ0) is 43.8. The minimum Gasteiger partial charge on any atom is -0.480 e. The molecule has 324 valence electrons. The predicted molar refractivity (Wildman–Crippen MR) is 218 cm³/mol. The lowest BCUT2D eigenvalue weighted by Crippen LogP contribution is -2.59. The number of nitrogens with one attached hydrogen (secondary N) is 6. The predicted octanol–water partition coefficient (Wildman–Crippen LogP) is -2.99. The Balaban J connectivity index is 3.43. The highest BCUT2D eigenvalue weighted by Crippen LogP contribution is 2.12. The first-order valence-electron chi connectivity index (χ1n) is 19.2. The summed E-state index contributed by atoms with van der Waals surface area (Å²) in [5.41, 5.74) is 27.8. The Morgan fingerprint density at radius 1 is 0.672 bits per heavy atom. The van der Waals surface area contributed by atoms with Gasteiger partial charge < -0.3 is 65.7 Å². The molecule has 0 saturated carbocycles. The minimum absolute atomic E-state index is 0.00627. The first-order chi connectivity index (χ1) is 27.4. The molecule has 58 heavy (non-hydrogen) atoms. The summed E-state index contributed by atoms with van der Waals surface area (Å²) < 4.78 is 0. The molecule has 6 amide bonds. The molecule has 21 heteroatoms. The van der Waals surface area contributed by atoms with Crippen LogP contribution >= 0.6 is 0 Å². The SMILES string of the molecule is CC[C@H](C)[C@H](NC(=O)[C@H](CCCN=C(N)N)NC(=O)[C@H](CCCN=C(N)N)NC(=O)[C@H](CC(C)C)NC(=O)[C@H](Cc1ccccc1)NC(=O)CNC(=O)CN)C(=O)O. The number of carboxylic acid groups (broad SMARTS) is 1. The topological polar surface area (TPSA) is 367 Å². The van der Waals surface area contributed by atoms with Crippen LogP contribution in [0.15, 0.2) is 40.3 Å². The Labute approximate surface area is 338 Å². The summed E-state index contributed by atoms with van der Waals surface area (Å²) in [5, 5.41) is 25.3. The van der Waals surface area contributed by atoms with E-state index in [0.29, 0.717) is 12.0 Å². The van der Waals surface area contributed by atoms with Crippen molar-refractivity contribution in [3.63, 3.8) is 0 Å². The molecule has 0 saturated heterocycles. The molecule has 0 aromatic heterocycles. The van der Waals surface area contributed by atoms with Crippen LogP contribution in [-0.2, 0) is 40.0 Å². The fourth-order valence-corrected chi connectivity index (χ4v) is 5.56. The maximum atomic E-state index is 14.0. The summed E-state index contributed by atoms with van der Waals surface area (Å²) in [6.45, 7) is 6.52. The number of carbonyl (C=O) groups excluding carboxylic acids is 6. The zero-order valence-corrected chi connectivity index (χ0v) is 33.8. The van der Waals surface area contributed by atoms with Gasteiger partial charge in [0.25, 0.3) is 0 Å². The smallest absolute Gasteiger partial charge is 0.326 e. The summed E-state index contributed by atoms with van der Waals surface area (Å²) in [4.78, 5) is 99.6. The van der Waals surface area contributed by atoms with Gasteiger partial charge in [0.1, 0.15) is 30.2 Å². The van der Waals surface area contributed by atoms with E-state index in [9.17, 15) is 38.7 Å². The van der Waals surface area contributed by atoms with Crippen molar-refractivity contribution in [2.45, 2.75) is 103 Å². The van der Waals surface area contributed by atoms with Gasteiger partial charge in [-0.25, -0.2) is 4.79 Å². The van der Waals surface area contributed by atoms with E-state index in [-0.39, 0.29) is 76.0 Å². The monoisotopic (exact) mass is 817 g/mol. The number of aliphatic imine (C=N–C) groups is 2. The van der Waals surface area contributed by atoms with Crippen LogP contribution < -0.4 is 60.6 Å². The molecule has 1 aromatic carbocycles. The normalized spacial score (nSPS) is 13.9. The molecule has 0 fully saturated rings. The number of nitrogens with two attached hydrogens (primary N) is 5. The number of hydrogen-bond donors (Lipinski definition) is 12. The van der Waals surface area contributed by atoms with E-state index in [4.69, 9.17) is 28.7 Å². The van der Waals surface area contributed by atoms with Crippen LogP contribution in [0.5, 0.6) is 0 Å². The standard InChI is InChI=1S/C37H63N13O8/c1-5-22(4)30(35(57)58)50-32(54)25(14-10-16-44-37(41)42)47-31(53)24(13-9-15-43-36(39)40)48-33(55)26(17-21(2)3)49-34(56)27(18-23-11-7-6-8-12-23)46-29(52)20-45-28(51)19-38/h6-8,11-12,21-22,24-27,30H,5,9-10,13-20,38H2,1-4H3,(H,45,51)(H,46,52)(H,47,53)(H,48,55)(H,49,56)(H,50,54)(H,57,58)(H4,39,40,43)(H4,41,42,44)/t22-,24-,25-,26-,27-,30-/m0/s1. The first-order valence-corrected chi connectivity index (χ1v) is 19.2. The Morgan fingerprint density at radius 3 is 1.62 bits per heavy atom. The number of carbonyl (C=O) groups is 7. The average Bonchev–Trinajstić information content (AvgIpc) is 3.16. The van der Waals surface area contributed by atoms with E-state index in [1.54, 1.807) is 44.2 Å². The number of hydrogen-bond acceptors (Lipinski definition) is 10. The van der Waals surface area contributed by atoms with E-state index >= 15 is 0 Å². The van der Waals surface area contributed by atoms with Crippen LogP contribution in [-0.4, -0.2) is 115 Å². The molecule has 0 unspecified atom stereocenters. The zero-order valence-electron chi connectivity index (χ0n) is 33.8. The summed E-state index contributed by atoms with van der Waals surface area (Å²) in [5.74, 6) is -6.41. The highest BCUT2D eigenvalue weighted by atomic mass is 16.4. The highest BCUT2D eigenvalue weighted by Gasteiger charge is 2.33. The van der Waals surface area contributed by atoms with Crippen LogP contribution in [0.1, 0.15) is 71.8 Å². The Bertz CT molecular complexity index is 1570. The third-order valence-corrected chi connectivity index (χ3v) is 8.84. The summed E-state index contributed by atoms with van der Waals surface area (Å²) >= 11 is 0. The average molecular weight is 818 g/mol. The maximum Gasteiger partial charge on any atom is 0.326 e. The van der Waals surface area contributed by atoms with Crippen LogP contribution in [0.2, 0.25) is 0 Å². The summed E-state index contributed by atoms with van der Waals surface area (Å²) in [6.07, 6.45) is 1.05. The molecular formula is C37H63N13O8. The van der Waals surface area contributed by atoms with Crippen LogP contribution in [0.25, 0.3) is 0 Å². The largest absolute Gasteiger partial charge is 0.480 e. The van der Waals surface area contributed by atoms with Gasteiger partial charge in [-0.15, -0.1) is 0 Å². The van der Waals surface area contributed by atoms with Gasteiger partial charge in [-0.3, -0.25) is 38.8 Å². The second kappa shape index (κ2) is 26.8. The van der Waals surface area contributed by atoms with Crippen molar-refractivity contribution in [3.8, 4) is 0 Å². The second-order valence-electron chi connectivity index (χ2n) is 14.2. The van der Waals surface area contributed by atoms with Gasteiger partial charge in [0.2, 0.25) is 35.4 Å². The van der Waals surface area contributed by atoms with Crippen molar-refractivity contribution in [1.82, 2.24) is 31.9 Å². The van der Waals surface area contributed by atoms with Crippen molar-refractivity contribution in [2.24, 2.45) is 50.5 Å². The number of aliphatic carboxylic acids is 1. The van der Waals surface area contributed by atoms with E-state index in [2.05, 4.69) is 41.9 Å². The Kier molecular flexibility index (Phi) is 23.1. The van der Waals surface area contributed by atoms with Gasteiger partial charge >= 0.3 is 5.97 Å². The van der Waals surface area contributed by atoms with Crippen molar-refractivity contribution in [2.75, 3.05) is 26.2 Å². The van der Waals surface area contributed by atoms with E-state index in [0.717, 1.165) is 0 Å². The van der Waals surface area contributed by atoms with Gasteiger partial charge in [-0.1, -0.05) is 64.4 Å². The number of rotatable bonds is 27. The van der Waals surface area contributed by atoms with Crippen molar-refractivity contribution < 1.29 is 38.7 Å². The molecule has 1 aromatic rings. The minimum atomic E-state index is -1.28. The Hall–Kier alpha value is -5.99. The Morgan fingerprint density at radius 2 is 1.16 bits per heavy atom. The lowest BCUT2D eigenvalue weighted by Gasteiger charge is -2.28. The van der Waals surface area contributed by atoms with Gasteiger partial charge in [0.15, 0.2) is 11.9 Å². The lowest BCUT2D eigenvalue weighted by molar-refractivity contribution is -0.144. The number of amides is 6. The van der Waals surface area contributed by atoms with Crippen molar-refractivity contribution >= 4 is 53.3 Å². The molecule has 0 spiro atoms. The molecule has 1 rings (SSSR count).